The van der Waals surface area contributed by atoms with Crippen LogP contribution in [0.5, 0.6) is 0 Å². The molecule has 15 heavy (non-hydrogen) atoms. The van der Waals surface area contributed by atoms with E-state index in [1.807, 2.05) is 0 Å². The zero-order valence-electron chi connectivity index (χ0n) is 8.72. The van der Waals surface area contributed by atoms with E-state index in [1.54, 1.807) is 0 Å². The standard InChI is InChI=1S/C9H20N2O4/c10-8(9(14)15)3-1-2-4-11-7(5-12)6-13/h7-8,11-13H,1-6,10H2,(H,14,15)/t8-/m0/s1. The Morgan fingerprint density at radius 2 is 1.87 bits per heavy atom. The first-order chi connectivity index (χ1) is 7.11. The van der Waals surface area contributed by atoms with E-state index >= 15 is 0 Å². The number of aliphatic carboxylic acids is 1. The largest absolute Gasteiger partial charge is 0.480 e. The molecule has 0 radical (unpaired) electrons. The Bertz CT molecular complexity index is 173. The lowest BCUT2D eigenvalue weighted by molar-refractivity contribution is -0.138. The van der Waals surface area contributed by atoms with Crippen LogP contribution in [0.15, 0.2) is 0 Å². The summed E-state index contributed by atoms with van der Waals surface area (Å²) < 4.78 is 0. The molecule has 0 rings (SSSR count). The summed E-state index contributed by atoms with van der Waals surface area (Å²) in [4.78, 5) is 10.4. The average molecular weight is 220 g/mol. The highest BCUT2D eigenvalue weighted by Gasteiger charge is 2.10. The van der Waals surface area contributed by atoms with Gasteiger partial charge in [0.05, 0.1) is 19.3 Å². The predicted octanol–water partition coefficient (Wildman–Crippen LogP) is -1.49. The maximum Gasteiger partial charge on any atom is 0.320 e. The van der Waals surface area contributed by atoms with Crippen LogP contribution < -0.4 is 11.1 Å². The number of aliphatic hydroxyl groups excluding tert-OH is 2. The van der Waals surface area contributed by atoms with Gasteiger partial charge in [-0.1, -0.05) is 6.42 Å². The molecule has 1 atom stereocenters. The van der Waals surface area contributed by atoms with Crippen LogP contribution in [-0.4, -0.2) is 53.1 Å². The molecule has 0 amide bonds. The van der Waals surface area contributed by atoms with Crippen LogP contribution in [0.3, 0.4) is 0 Å². The summed E-state index contributed by atoms with van der Waals surface area (Å²) in [6.07, 6.45) is 1.93. The minimum atomic E-state index is -0.980. The number of aliphatic hydroxyl groups is 2. The zero-order valence-corrected chi connectivity index (χ0v) is 8.72. The van der Waals surface area contributed by atoms with E-state index in [0.29, 0.717) is 19.4 Å². The molecule has 0 aromatic heterocycles. The summed E-state index contributed by atoms with van der Waals surface area (Å²) in [6.45, 7) is 0.425. The highest BCUT2D eigenvalue weighted by Crippen LogP contribution is 1.98. The Morgan fingerprint density at radius 3 is 2.33 bits per heavy atom. The number of nitrogens with two attached hydrogens (primary N) is 1. The van der Waals surface area contributed by atoms with Gasteiger partial charge in [-0.25, -0.2) is 0 Å². The predicted molar refractivity (Wildman–Crippen MR) is 55.4 cm³/mol. The van der Waals surface area contributed by atoms with Crippen LogP contribution in [0.4, 0.5) is 0 Å². The Hall–Kier alpha value is -0.690. The smallest absolute Gasteiger partial charge is 0.320 e. The second kappa shape index (κ2) is 8.60. The van der Waals surface area contributed by atoms with Crippen LogP contribution in [0.25, 0.3) is 0 Å². The SMILES string of the molecule is N[C@@H](CCCCNC(CO)CO)C(=O)O. The Balaban J connectivity index is 3.35. The number of rotatable bonds is 9. The van der Waals surface area contributed by atoms with E-state index in [2.05, 4.69) is 5.32 Å². The highest BCUT2D eigenvalue weighted by atomic mass is 16.4. The molecule has 0 aliphatic rings. The van der Waals surface area contributed by atoms with E-state index in [1.165, 1.54) is 0 Å². The van der Waals surface area contributed by atoms with Crippen molar-refractivity contribution < 1.29 is 20.1 Å². The Kier molecular flexibility index (Phi) is 8.21. The van der Waals surface area contributed by atoms with Gasteiger partial charge < -0.3 is 26.4 Å². The molecule has 0 aromatic carbocycles. The number of carboxylic acid groups (broad SMARTS) is 1. The van der Waals surface area contributed by atoms with Crippen LogP contribution in [-0.2, 0) is 4.79 Å². The quantitative estimate of drug-likeness (QED) is 0.302. The molecule has 0 spiro atoms. The van der Waals surface area contributed by atoms with Gasteiger partial charge in [-0.05, 0) is 19.4 Å². The van der Waals surface area contributed by atoms with Crippen molar-refractivity contribution in [2.75, 3.05) is 19.8 Å². The molecule has 0 saturated carbocycles. The van der Waals surface area contributed by atoms with Crippen molar-refractivity contribution in [3.8, 4) is 0 Å². The fraction of sp³-hybridized carbons (Fsp3) is 0.889. The van der Waals surface area contributed by atoms with Crippen molar-refractivity contribution in [1.82, 2.24) is 5.32 Å². The molecular formula is C9H20N2O4. The molecule has 90 valence electrons. The second-order valence-corrected chi connectivity index (χ2v) is 3.46. The third kappa shape index (κ3) is 7.26. The zero-order chi connectivity index (χ0) is 11.7. The van der Waals surface area contributed by atoms with Crippen LogP contribution in [0, 0.1) is 0 Å². The number of nitrogens with one attached hydrogen (secondary N) is 1. The molecule has 0 saturated heterocycles. The average Bonchev–Trinajstić information content (AvgIpc) is 2.23. The Labute approximate surface area is 89.1 Å². The fourth-order valence-electron chi connectivity index (χ4n) is 1.11. The van der Waals surface area contributed by atoms with Crippen molar-refractivity contribution in [1.29, 1.82) is 0 Å². The first kappa shape index (κ1) is 14.3. The lowest BCUT2D eigenvalue weighted by atomic mass is 10.1. The molecule has 6 nitrogen and oxygen atoms in total. The molecule has 0 heterocycles. The summed E-state index contributed by atoms with van der Waals surface area (Å²) in [5.74, 6) is -0.980. The second-order valence-electron chi connectivity index (χ2n) is 3.46. The normalized spacial score (nSPS) is 13.1. The molecule has 0 aliphatic heterocycles. The monoisotopic (exact) mass is 220 g/mol. The van der Waals surface area contributed by atoms with Gasteiger partial charge >= 0.3 is 5.97 Å². The summed E-state index contributed by atoms with van der Waals surface area (Å²) in [5.41, 5.74) is 5.31. The summed E-state index contributed by atoms with van der Waals surface area (Å²) in [7, 11) is 0. The van der Waals surface area contributed by atoms with E-state index in [-0.39, 0.29) is 19.3 Å². The van der Waals surface area contributed by atoms with E-state index in [0.717, 1.165) is 6.42 Å². The lowest BCUT2D eigenvalue weighted by Gasteiger charge is -2.13. The number of hydrogen-bond acceptors (Lipinski definition) is 5. The maximum atomic E-state index is 10.4. The van der Waals surface area contributed by atoms with Gasteiger partial charge in [0.15, 0.2) is 0 Å². The highest BCUT2D eigenvalue weighted by molar-refractivity contribution is 5.72. The van der Waals surface area contributed by atoms with Gasteiger partial charge in [-0.15, -0.1) is 0 Å². The number of carboxylic acids is 1. The van der Waals surface area contributed by atoms with Gasteiger partial charge in [-0.2, -0.15) is 0 Å². The van der Waals surface area contributed by atoms with Crippen molar-refractivity contribution in [2.45, 2.75) is 31.3 Å². The van der Waals surface area contributed by atoms with Gasteiger partial charge in [0, 0.05) is 0 Å². The van der Waals surface area contributed by atoms with Gasteiger partial charge in [0.25, 0.3) is 0 Å². The minimum absolute atomic E-state index is 0.106. The number of unbranched alkanes of at least 4 members (excludes halogenated alkanes) is 1. The van der Waals surface area contributed by atoms with Crippen molar-refractivity contribution in [3.63, 3.8) is 0 Å². The first-order valence-electron chi connectivity index (χ1n) is 5.05. The van der Waals surface area contributed by atoms with Crippen LogP contribution >= 0.6 is 0 Å². The van der Waals surface area contributed by atoms with Gasteiger partial charge in [0.2, 0.25) is 0 Å². The minimum Gasteiger partial charge on any atom is -0.480 e. The molecule has 6 heteroatoms. The van der Waals surface area contributed by atoms with E-state index in [4.69, 9.17) is 21.1 Å². The topological polar surface area (TPSA) is 116 Å². The van der Waals surface area contributed by atoms with Crippen molar-refractivity contribution in [3.05, 3.63) is 0 Å². The molecule has 0 aliphatic carbocycles. The molecule has 0 fully saturated rings. The molecule has 0 unspecified atom stereocenters. The third-order valence-electron chi connectivity index (χ3n) is 2.13. The molecule has 0 bridgehead atoms. The summed E-state index contributed by atoms with van der Waals surface area (Å²) >= 11 is 0. The van der Waals surface area contributed by atoms with Gasteiger partial charge in [0.1, 0.15) is 6.04 Å². The molecule has 6 N–H and O–H groups in total. The Morgan fingerprint density at radius 1 is 1.27 bits per heavy atom. The fourth-order valence-corrected chi connectivity index (χ4v) is 1.11. The number of hydrogen-bond donors (Lipinski definition) is 5. The van der Waals surface area contributed by atoms with Crippen molar-refractivity contribution >= 4 is 5.97 Å². The van der Waals surface area contributed by atoms with Crippen LogP contribution in [0.1, 0.15) is 19.3 Å². The van der Waals surface area contributed by atoms with Gasteiger partial charge in [-0.3, -0.25) is 4.79 Å². The van der Waals surface area contributed by atoms with Crippen LogP contribution in [0.2, 0.25) is 0 Å². The first-order valence-corrected chi connectivity index (χ1v) is 5.05. The molecular weight excluding hydrogens is 200 g/mol. The lowest BCUT2D eigenvalue weighted by Crippen LogP contribution is -2.36. The molecule has 0 aromatic rings. The summed E-state index contributed by atoms with van der Waals surface area (Å²) in [6, 6.07) is -1.09. The number of carbonyl (C=O) groups is 1. The third-order valence-corrected chi connectivity index (χ3v) is 2.13. The van der Waals surface area contributed by atoms with E-state index in [9.17, 15) is 4.79 Å². The maximum absolute atomic E-state index is 10.4. The van der Waals surface area contributed by atoms with E-state index < -0.39 is 12.0 Å². The van der Waals surface area contributed by atoms with Crippen molar-refractivity contribution in [2.24, 2.45) is 5.73 Å². The summed E-state index contributed by atoms with van der Waals surface area (Å²) in [5, 5.41) is 28.9.